The van der Waals surface area contributed by atoms with Crippen LogP contribution in [0.2, 0.25) is 0 Å². The molecule has 2 heterocycles. The van der Waals surface area contributed by atoms with Crippen LogP contribution in [-0.4, -0.2) is 44.2 Å². The molecule has 0 radical (unpaired) electrons. The number of amides is 1. The Hall–Kier alpha value is -2.02. The van der Waals surface area contributed by atoms with Crippen molar-refractivity contribution in [2.24, 2.45) is 0 Å². The maximum atomic E-state index is 12.5. The van der Waals surface area contributed by atoms with E-state index in [4.69, 9.17) is 9.47 Å². The van der Waals surface area contributed by atoms with Crippen molar-refractivity contribution in [2.45, 2.75) is 6.10 Å². The molecule has 2 aromatic rings. The van der Waals surface area contributed by atoms with E-state index in [1.807, 2.05) is 11.4 Å². The van der Waals surface area contributed by atoms with E-state index >= 15 is 0 Å². The third-order valence-electron chi connectivity index (χ3n) is 3.54. The van der Waals surface area contributed by atoms with Crippen molar-refractivity contribution in [3.63, 3.8) is 0 Å². The second kappa shape index (κ2) is 7.50. The van der Waals surface area contributed by atoms with Crippen LogP contribution in [0, 0.1) is 0 Å². The zero-order valence-corrected chi connectivity index (χ0v) is 13.3. The molecule has 3 rings (SSSR count). The summed E-state index contributed by atoms with van der Waals surface area (Å²) in [5.74, 6) is -0.414. The topological polar surface area (TPSA) is 64.6 Å². The molecule has 120 valence electrons. The number of hydrogen-bond acceptors (Lipinski definition) is 5. The lowest BCUT2D eigenvalue weighted by molar-refractivity contribution is -0.0855. The Morgan fingerprint density at radius 1 is 1.13 bits per heavy atom. The minimum Gasteiger partial charge on any atom is -0.376 e. The van der Waals surface area contributed by atoms with Crippen LogP contribution in [0.4, 0.5) is 0 Å². The van der Waals surface area contributed by atoms with Gasteiger partial charge in [0.25, 0.3) is 5.91 Å². The highest BCUT2D eigenvalue weighted by molar-refractivity contribution is 7.12. The Morgan fingerprint density at radius 3 is 2.65 bits per heavy atom. The average Bonchev–Trinajstić information content (AvgIpc) is 3.14. The summed E-state index contributed by atoms with van der Waals surface area (Å²) >= 11 is 1.36. The minimum absolute atomic E-state index is 0.136. The van der Waals surface area contributed by atoms with Crippen LogP contribution in [0.5, 0.6) is 0 Å². The fourth-order valence-electron chi connectivity index (χ4n) is 2.38. The number of rotatable bonds is 5. The molecular weight excluding hydrogens is 314 g/mol. The van der Waals surface area contributed by atoms with Gasteiger partial charge in [-0.25, -0.2) is 0 Å². The lowest BCUT2D eigenvalue weighted by atomic mass is 10.0. The van der Waals surface area contributed by atoms with E-state index in [2.05, 4.69) is 5.32 Å². The molecule has 0 unspecified atom stereocenters. The highest BCUT2D eigenvalue weighted by atomic mass is 32.1. The molecule has 1 amide bonds. The molecule has 0 aliphatic carbocycles. The number of benzene rings is 1. The van der Waals surface area contributed by atoms with E-state index in [1.54, 1.807) is 30.3 Å². The van der Waals surface area contributed by atoms with Gasteiger partial charge in [0, 0.05) is 12.1 Å². The predicted molar refractivity (Wildman–Crippen MR) is 87.1 cm³/mol. The van der Waals surface area contributed by atoms with Gasteiger partial charge >= 0.3 is 0 Å². The monoisotopic (exact) mass is 331 g/mol. The molecule has 0 bridgehead atoms. The van der Waals surface area contributed by atoms with Gasteiger partial charge in [-0.1, -0.05) is 24.3 Å². The first-order chi connectivity index (χ1) is 11.3. The van der Waals surface area contributed by atoms with E-state index in [0.29, 0.717) is 42.4 Å². The second-order valence-corrected chi connectivity index (χ2v) is 6.08. The lowest BCUT2D eigenvalue weighted by Crippen LogP contribution is -2.40. The molecule has 1 saturated heterocycles. The van der Waals surface area contributed by atoms with Gasteiger partial charge in [-0.3, -0.25) is 9.59 Å². The Morgan fingerprint density at radius 2 is 1.96 bits per heavy atom. The summed E-state index contributed by atoms with van der Waals surface area (Å²) in [4.78, 5) is 25.6. The summed E-state index contributed by atoms with van der Waals surface area (Å²) in [7, 11) is 0. The summed E-state index contributed by atoms with van der Waals surface area (Å²) in [6.45, 7) is 1.95. The maximum absolute atomic E-state index is 12.5. The number of ketones is 1. The molecule has 1 aliphatic heterocycles. The Balaban J connectivity index is 1.71. The number of ether oxygens (including phenoxy) is 2. The van der Waals surface area contributed by atoms with Crippen molar-refractivity contribution in [1.29, 1.82) is 0 Å². The minimum atomic E-state index is -0.278. The van der Waals surface area contributed by atoms with Crippen LogP contribution in [0.25, 0.3) is 0 Å². The summed E-state index contributed by atoms with van der Waals surface area (Å²) in [6, 6.07) is 10.4. The molecule has 0 saturated carbocycles. The van der Waals surface area contributed by atoms with Crippen molar-refractivity contribution >= 4 is 23.0 Å². The molecule has 1 aromatic heterocycles. The molecule has 1 aliphatic rings. The Bertz CT molecular complexity index is 678. The van der Waals surface area contributed by atoms with Crippen molar-refractivity contribution in [1.82, 2.24) is 5.32 Å². The fraction of sp³-hybridized carbons (Fsp3) is 0.294. The second-order valence-electron chi connectivity index (χ2n) is 5.13. The molecule has 1 N–H and O–H groups in total. The van der Waals surface area contributed by atoms with E-state index in [0.717, 1.165) is 0 Å². The lowest BCUT2D eigenvalue weighted by Gasteiger charge is -2.23. The van der Waals surface area contributed by atoms with Gasteiger partial charge in [0.15, 0.2) is 0 Å². The van der Waals surface area contributed by atoms with E-state index in [9.17, 15) is 9.59 Å². The third kappa shape index (κ3) is 3.85. The first-order valence-corrected chi connectivity index (χ1v) is 8.28. The highest BCUT2D eigenvalue weighted by Gasteiger charge is 2.20. The van der Waals surface area contributed by atoms with E-state index in [-0.39, 0.29) is 17.8 Å². The average molecular weight is 331 g/mol. The molecule has 23 heavy (non-hydrogen) atoms. The number of hydrogen-bond donors (Lipinski definition) is 1. The Labute approximate surface area is 138 Å². The maximum Gasteiger partial charge on any atom is 0.252 e. The van der Waals surface area contributed by atoms with Gasteiger partial charge in [0.05, 0.1) is 36.4 Å². The standard InChI is InChI=1S/C17H17NO4S/c19-16(15-6-3-9-23-15)13-4-1-2-5-14(13)17(20)18-10-12-11-21-7-8-22-12/h1-6,9,12H,7-8,10-11H2,(H,18,20)/t12-/m0/s1. The zero-order valence-electron chi connectivity index (χ0n) is 12.5. The Kier molecular flexibility index (Phi) is 5.17. The van der Waals surface area contributed by atoms with Gasteiger partial charge in [-0.2, -0.15) is 0 Å². The summed E-state index contributed by atoms with van der Waals surface area (Å²) < 4.78 is 10.8. The van der Waals surface area contributed by atoms with Crippen molar-refractivity contribution in [2.75, 3.05) is 26.4 Å². The van der Waals surface area contributed by atoms with Gasteiger partial charge in [-0.05, 0) is 17.5 Å². The van der Waals surface area contributed by atoms with Crippen LogP contribution >= 0.6 is 11.3 Å². The highest BCUT2D eigenvalue weighted by Crippen LogP contribution is 2.18. The largest absolute Gasteiger partial charge is 0.376 e. The van der Waals surface area contributed by atoms with Crippen LogP contribution < -0.4 is 5.32 Å². The first-order valence-electron chi connectivity index (χ1n) is 7.40. The number of carbonyl (C=O) groups excluding carboxylic acids is 2. The van der Waals surface area contributed by atoms with Gasteiger partial charge in [0.2, 0.25) is 5.78 Å². The number of nitrogens with one attached hydrogen (secondary N) is 1. The van der Waals surface area contributed by atoms with Crippen LogP contribution in [0.15, 0.2) is 41.8 Å². The third-order valence-corrected chi connectivity index (χ3v) is 4.41. The molecule has 1 aromatic carbocycles. The molecule has 1 fully saturated rings. The summed E-state index contributed by atoms with van der Waals surface area (Å²) in [6.07, 6.45) is -0.146. The van der Waals surface area contributed by atoms with Crippen LogP contribution in [-0.2, 0) is 9.47 Å². The fourth-order valence-corrected chi connectivity index (χ4v) is 3.05. The summed E-state index contributed by atoms with van der Waals surface area (Å²) in [5, 5.41) is 4.66. The normalized spacial score (nSPS) is 17.7. The first kappa shape index (κ1) is 15.9. The molecule has 5 nitrogen and oxygen atoms in total. The summed E-state index contributed by atoms with van der Waals surface area (Å²) in [5.41, 5.74) is 0.788. The van der Waals surface area contributed by atoms with Crippen LogP contribution in [0.3, 0.4) is 0 Å². The van der Waals surface area contributed by atoms with E-state index in [1.165, 1.54) is 11.3 Å². The molecule has 1 atom stereocenters. The molecular formula is C17H17NO4S. The molecule has 6 heteroatoms. The number of thiophene rings is 1. The smallest absolute Gasteiger partial charge is 0.252 e. The van der Waals surface area contributed by atoms with Gasteiger partial charge in [0.1, 0.15) is 0 Å². The predicted octanol–water partition coefficient (Wildman–Crippen LogP) is 2.12. The van der Waals surface area contributed by atoms with Gasteiger partial charge < -0.3 is 14.8 Å². The quantitative estimate of drug-likeness (QED) is 0.853. The SMILES string of the molecule is O=C(NC[C@H]1COCCO1)c1ccccc1C(=O)c1cccs1. The molecule has 0 spiro atoms. The van der Waals surface area contributed by atoms with Crippen LogP contribution in [0.1, 0.15) is 25.6 Å². The van der Waals surface area contributed by atoms with E-state index < -0.39 is 0 Å². The van der Waals surface area contributed by atoms with Crippen molar-refractivity contribution in [3.05, 3.63) is 57.8 Å². The van der Waals surface area contributed by atoms with Crippen molar-refractivity contribution < 1.29 is 19.1 Å². The van der Waals surface area contributed by atoms with Gasteiger partial charge in [-0.15, -0.1) is 11.3 Å². The zero-order chi connectivity index (χ0) is 16.1. The number of carbonyl (C=O) groups is 2. The van der Waals surface area contributed by atoms with Crippen molar-refractivity contribution in [3.8, 4) is 0 Å².